The van der Waals surface area contributed by atoms with Crippen LogP contribution in [0.2, 0.25) is 0 Å². The molecule has 2 aromatic rings. The Hall–Kier alpha value is -3.36. The largest absolute Gasteiger partial charge is 0.490 e. The van der Waals surface area contributed by atoms with Crippen LogP contribution in [0.25, 0.3) is 12.2 Å². The molecule has 0 fully saturated rings. The zero-order valence-electron chi connectivity index (χ0n) is 15.1. The summed E-state index contributed by atoms with van der Waals surface area (Å²) in [7, 11) is 0. The summed E-state index contributed by atoms with van der Waals surface area (Å²) in [4.78, 5) is 37.4. The number of hydrogen-bond acceptors (Lipinski definition) is 6. The van der Waals surface area contributed by atoms with Gasteiger partial charge in [0.05, 0.1) is 18.1 Å². The number of aromatic amines is 2. The van der Waals surface area contributed by atoms with Crippen molar-refractivity contribution in [3.63, 3.8) is 0 Å². The van der Waals surface area contributed by atoms with Gasteiger partial charge in [-0.3, -0.25) is 19.9 Å². The third kappa shape index (κ3) is 5.30. The Morgan fingerprint density at radius 3 is 2.56 bits per heavy atom. The Morgan fingerprint density at radius 1 is 1.11 bits per heavy atom. The summed E-state index contributed by atoms with van der Waals surface area (Å²) >= 11 is 0. The number of unbranched alkanes of at least 4 members (excludes halogenated alkanes) is 1. The fourth-order valence-electron chi connectivity index (χ4n) is 2.32. The van der Waals surface area contributed by atoms with Crippen molar-refractivity contribution in [1.82, 2.24) is 9.97 Å². The molecule has 9 nitrogen and oxygen atoms in total. The number of rotatable bonds is 9. The molecule has 0 amide bonds. The molecule has 0 aliphatic carbocycles. The second kappa shape index (κ2) is 9.37. The van der Waals surface area contributed by atoms with Gasteiger partial charge >= 0.3 is 16.9 Å². The number of H-pyrrole nitrogens is 2. The lowest BCUT2D eigenvalue weighted by atomic mass is 10.1. The molecule has 0 saturated heterocycles. The highest BCUT2D eigenvalue weighted by atomic mass is 16.6. The maximum Gasteiger partial charge on any atom is 0.357 e. The van der Waals surface area contributed by atoms with Gasteiger partial charge in [-0.15, -0.1) is 0 Å². The summed E-state index contributed by atoms with van der Waals surface area (Å²) in [6.07, 6.45) is 4.78. The van der Waals surface area contributed by atoms with Crippen LogP contribution >= 0.6 is 0 Å². The molecule has 2 N–H and O–H groups in total. The molecule has 1 heterocycles. The van der Waals surface area contributed by atoms with Crippen LogP contribution in [0.5, 0.6) is 11.5 Å². The first-order valence-electron chi connectivity index (χ1n) is 8.55. The zero-order valence-corrected chi connectivity index (χ0v) is 15.1. The Balaban J connectivity index is 2.34. The summed E-state index contributed by atoms with van der Waals surface area (Å²) in [5, 5.41) is 11.1. The van der Waals surface area contributed by atoms with Crippen LogP contribution in [0, 0.1) is 10.1 Å². The van der Waals surface area contributed by atoms with E-state index in [-0.39, 0.29) is 5.69 Å². The van der Waals surface area contributed by atoms with E-state index in [0.717, 1.165) is 12.8 Å². The van der Waals surface area contributed by atoms with E-state index in [4.69, 9.17) is 9.47 Å². The molecule has 1 aromatic carbocycles. The maximum absolute atomic E-state index is 11.6. The topological polar surface area (TPSA) is 127 Å². The Morgan fingerprint density at radius 2 is 1.89 bits per heavy atom. The van der Waals surface area contributed by atoms with Crippen LogP contribution in [-0.2, 0) is 0 Å². The molecule has 0 atom stereocenters. The first-order chi connectivity index (χ1) is 13.0. The Bertz CT molecular complexity index is 945. The number of nitro groups is 1. The standard InChI is InChI=1S/C18H21N3O6/c1-3-5-10-27-14-9-7-12(11-15(14)26-4-2)6-8-13-16(21(24)25)17(22)20-18(23)19-13/h6-9,11H,3-5,10H2,1-2H3,(H2,19,20,22,23)/b8-6+. The molecule has 0 bridgehead atoms. The molecule has 1 aromatic heterocycles. The second-order valence-electron chi connectivity index (χ2n) is 5.60. The maximum atomic E-state index is 11.6. The van der Waals surface area contributed by atoms with E-state index < -0.39 is 21.9 Å². The Labute approximate surface area is 154 Å². The Kier molecular flexibility index (Phi) is 6.93. The molecule has 2 rings (SSSR count). The van der Waals surface area contributed by atoms with Crippen LogP contribution in [0.15, 0.2) is 27.8 Å². The van der Waals surface area contributed by atoms with Crippen molar-refractivity contribution in [2.45, 2.75) is 26.7 Å². The van der Waals surface area contributed by atoms with Crippen LogP contribution in [0.3, 0.4) is 0 Å². The minimum atomic E-state index is -1.06. The van der Waals surface area contributed by atoms with Gasteiger partial charge < -0.3 is 14.5 Å². The predicted molar refractivity (Wildman–Crippen MR) is 101 cm³/mol. The van der Waals surface area contributed by atoms with E-state index in [1.165, 1.54) is 12.2 Å². The van der Waals surface area contributed by atoms with Gasteiger partial charge in [-0.05, 0) is 37.1 Å². The molecule has 0 aliphatic rings. The highest BCUT2D eigenvalue weighted by Crippen LogP contribution is 2.29. The monoisotopic (exact) mass is 375 g/mol. The molecule has 144 valence electrons. The molecular formula is C18H21N3O6. The van der Waals surface area contributed by atoms with Crippen molar-refractivity contribution in [2.24, 2.45) is 0 Å². The van der Waals surface area contributed by atoms with E-state index in [9.17, 15) is 19.7 Å². The van der Waals surface area contributed by atoms with Crippen molar-refractivity contribution < 1.29 is 14.4 Å². The number of benzene rings is 1. The normalized spacial score (nSPS) is 10.9. The fourth-order valence-corrected chi connectivity index (χ4v) is 2.32. The van der Waals surface area contributed by atoms with Gasteiger partial charge in [0, 0.05) is 0 Å². The minimum absolute atomic E-state index is 0.185. The summed E-state index contributed by atoms with van der Waals surface area (Å²) in [5.41, 5.74) is -2.12. The van der Waals surface area contributed by atoms with E-state index in [2.05, 4.69) is 11.9 Å². The number of aromatic nitrogens is 2. The van der Waals surface area contributed by atoms with Gasteiger partial charge in [-0.2, -0.15) is 0 Å². The fraction of sp³-hybridized carbons (Fsp3) is 0.333. The van der Waals surface area contributed by atoms with Gasteiger partial charge in [0.25, 0.3) is 0 Å². The van der Waals surface area contributed by atoms with Crippen LogP contribution < -0.4 is 20.7 Å². The van der Waals surface area contributed by atoms with Crippen molar-refractivity contribution in [3.8, 4) is 11.5 Å². The average Bonchev–Trinajstić information content (AvgIpc) is 2.61. The average molecular weight is 375 g/mol. The molecule has 0 unspecified atom stereocenters. The molecule has 0 saturated carbocycles. The van der Waals surface area contributed by atoms with Gasteiger partial charge in [-0.25, -0.2) is 4.79 Å². The molecule has 0 aliphatic heterocycles. The highest BCUT2D eigenvalue weighted by molar-refractivity contribution is 5.72. The van der Waals surface area contributed by atoms with Gasteiger partial charge in [0.2, 0.25) is 0 Å². The van der Waals surface area contributed by atoms with E-state index in [1.807, 2.05) is 11.9 Å². The minimum Gasteiger partial charge on any atom is -0.490 e. The van der Waals surface area contributed by atoms with Gasteiger partial charge in [0.1, 0.15) is 5.69 Å². The molecule has 9 heteroatoms. The third-order valence-corrected chi connectivity index (χ3v) is 3.59. The lowest BCUT2D eigenvalue weighted by molar-refractivity contribution is -0.386. The number of ether oxygens (including phenoxy) is 2. The SMILES string of the molecule is CCCCOc1ccc(/C=C/c2[nH]c(=O)[nH]c(=O)c2[N+](=O)[O-])cc1OCC. The highest BCUT2D eigenvalue weighted by Gasteiger charge is 2.18. The van der Waals surface area contributed by atoms with Crippen LogP contribution in [-0.4, -0.2) is 28.1 Å². The third-order valence-electron chi connectivity index (χ3n) is 3.59. The van der Waals surface area contributed by atoms with E-state index in [0.29, 0.717) is 30.3 Å². The smallest absolute Gasteiger partial charge is 0.357 e. The second-order valence-corrected chi connectivity index (χ2v) is 5.60. The number of hydrogen-bond donors (Lipinski definition) is 2. The van der Waals surface area contributed by atoms with Crippen molar-refractivity contribution in [2.75, 3.05) is 13.2 Å². The first-order valence-corrected chi connectivity index (χ1v) is 8.55. The summed E-state index contributed by atoms with van der Waals surface area (Å²) < 4.78 is 11.3. The predicted octanol–water partition coefficient (Wildman–Crippen LogP) is 2.72. The number of nitrogens with zero attached hydrogens (tertiary/aromatic N) is 1. The van der Waals surface area contributed by atoms with Gasteiger partial charge in [0.15, 0.2) is 11.5 Å². The first kappa shape index (κ1) is 20.0. The lowest BCUT2D eigenvalue weighted by Gasteiger charge is -2.12. The lowest BCUT2D eigenvalue weighted by Crippen LogP contribution is -2.25. The number of nitrogens with one attached hydrogen (secondary N) is 2. The summed E-state index contributed by atoms with van der Waals surface area (Å²) in [6, 6.07) is 5.21. The van der Waals surface area contributed by atoms with E-state index in [1.54, 1.807) is 18.2 Å². The zero-order chi connectivity index (χ0) is 19.8. The van der Waals surface area contributed by atoms with Crippen LogP contribution in [0.1, 0.15) is 37.9 Å². The molecule has 0 radical (unpaired) electrons. The van der Waals surface area contributed by atoms with E-state index >= 15 is 0 Å². The van der Waals surface area contributed by atoms with Crippen LogP contribution in [0.4, 0.5) is 5.69 Å². The molecule has 0 spiro atoms. The summed E-state index contributed by atoms with van der Waals surface area (Å²) in [5.74, 6) is 1.16. The summed E-state index contributed by atoms with van der Waals surface area (Å²) in [6.45, 7) is 4.94. The van der Waals surface area contributed by atoms with Crippen molar-refractivity contribution >= 4 is 17.8 Å². The van der Waals surface area contributed by atoms with Gasteiger partial charge in [-0.1, -0.05) is 25.5 Å². The molecule has 27 heavy (non-hydrogen) atoms. The quantitative estimate of drug-likeness (QED) is 0.394. The van der Waals surface area contributed by atoms with Crippen molar-refractivity contribution in [3.05, 3.63) is 60.4 Å². The van der Waals surface area contributed by atoms with Crippen molar-refractivity contribution in [1.29, 1.82) is 0 Å². The molecular weight excluding hydrogens is 354 g/mol.